The summed E-state index contributed by atoms with van der Waals surface area (Å²) in [5.74, 6) is 2.94. The lowest BCUT2D eigenvalue weighted by Crippen LogP contribution is -2.46. The van der Waals surface area contributed by atoms with Crippen molar-refractivity contribution in [2.45, 2.75) is 96.4 Å². The van der Waals surface area contributed by atoms with Gasteiger partial charge in [-0.25, -0.2) is 0 Å². The Bertz CT molecular complexity index is 766. The van der Waals surface area contributed by atoms with E-state index in [1.54, 1.807) is 5.56 Å². The molecular formula is C24H40O3Si2. The molecule has 1 N–H and O–H groups in total. The fraction of sp³-hybridized carbons (Fsp3) is 0.750. The highest BCUT2D eigenvalue weighted by molar-refractivity contribution is 6.70. The van der Waals surface area contributed by atoms with Crippen molar-refractivity contribution in [2.75, 3.05) is 0 Å². The van der Waals surface area contributed by atoms with Crippen molar-refractivity contribution in [3.63, 3.8) is 0 Å². The topological polar surface area (TPSA) is 38.7 Å². The van der Waals surface area contributed by atoms with Crippen molar-refractivity contribution in [1.82, 2.24) is 0 Å². The van der Waals surface area contributed by atoms with Crippen LogP contribution in [0.4, 0.5) is 0 Å². The Labute approximate surface area is 179 Å². The van der Waals surface area contributed by atoms with E-state index in [0.717, 1.165) is 25.0 Å². The number of hydrogen-bond donors (Lipinski definition) is 1. The second kappa shape index (κ2) is 7.21. The summed E-state index contributed by atoms with van der Waals surface area (Å²) in [6.45, 7) is 15.8. The second-order valence-corrected chi connectivity index (χ2v) is 20.9. The number of benzene rings is 1. The highest BCUT2D eigenvalue weighted by Crippen LogP contribution is 2.61. The summed E-state index contributed by atoms with van der Waals surface area (Å²) in [5.41, 5.74) is 3.07. The standard InChI is InChI=1S/C24H40O3Si2/c1-24-13-12-19-18-11-9-17(26-28(2,3)4)14-16(18)8-10-20(19)21(24)15-22(23(24)25)27-29(5,6)7/h9,11,14,19-23,25H,8,10,12-13,15H2,1-7H3. The summed E-state index contributed by atoms with van der Waals surface area (Å²) in [5, 5.41) is 11.2. The van der Waals surface area contributed by atoms with E-state index in [9.17, 15) is 5.11 Å². The Kier molecular flexibility index (Phi) is 5.37. The molecular weight excluding hydrogens is 392 g/mol. The van der Waals surface area contributed by atoms with E-state index >= 15 is 0 Å². The van der Waals surface area contributed by atoms with Crippen molar-refractivity contribution >= 4 is 16.6 Å². The van der Waals surface area contributed by atoms with Crippen LogP contribution in [-0.4, -0.2) is 33.9 Å². The van der Waals surface area contributed by atoms with Crippen LogP contribution in [0.25, 0.3) is 0 Å². The van der Waals surface area contributed by atoms with Gasteiger partial charge in [0.05, 0.1) is 12.2 Å². The summed E-state index contributed by atoms with van der Waals surface area (Å²) in [7, 11) is -3.24. The van der Waals surface area contributed by atoms with E-state index < -0.39 is 16.6 Å². The molecule has 4 rings (SSSR count). The Morgan fingerprint density at radius 2 is 1.76 bits per heavy atom. The minimum absolute atomic E-state index is 0.0177. The molecule has 1 aromatic rings. The van der Waals surface area contributed by atoms with Crippen LogP contribution in [0.3, 0.4) is 0 Å². The maximum Gasteiger partial charge on any atom is 0.242 e. The van der Waals surface area contributed by atoms with Crippen LogP contribution in [0.1, 0.15) is 49.7 Å². The SMILES string of the molecule is CC12CCC3c4ccc(O[Si](C)(C)C)cc4CCC3C1CC(O[Si](C)(C)C)C2O. The van der Waals surface area contributed by atoms with E-state index in [1.165, 1.54) is 18.4 Å². The molecule has 2 saturated carbocycles. The molecule has 3 aliphatic rings. The van der Waals surface area contributed by atoms with Gasteiger partial charge in [-0.1, -0.05) is 13.0 Å². The van der Waals surface area contributed by atoms with Crippen LogP contribution in [0, 0.1) is 17.3 Å². The van der Waals surface area contributed by atoms with Crippen LogP contribution >= 0.6 is 0 Å². The predicted octanol–water partition coefficient (Wildman–Crippen LogP) is 5.95. The first-order chi connectivity index (χ1) is 13.4. The number of aliphatic hydroxyl groups excluding tert-OH is 1. The molecule has 6 unspecified atom stereocenters. The van der Waals surface area contributed by atoms with Gasteiger partial charge in [0.2, 0.25) is 8.32 Å². The molecule has 29 heavy (non-hydrogen) atoms. The average molecular weight is 433 g/mol. The number of rotatable bonds is 4. The molecule has 3 nitrogen and oxygen atoms in total. The fourth-order valence-electron chi connectivity index (χ4n) is 6.51. The molecule has 5 heteroatoms. The number of aryl methyl sites for hydroxylation is 1. The van der Waals surface area contributed by atoms with Crippen molar-refractivity contribution in [3.05, 3.63) is 29.3 Å². The van der Waals surface area contributed by atoms with Crippen molar-refractivity contribution in [1.29, 1.82) is 0 Å². The minimum atomic E-state index is -1.66. The summed E-state index contributed by atoms with van der Waals surface area (Å²) in [4.78, 5) is 0. The molecule has 0 bridgehead atoms. The zero-order valence-corrected chi connectivity index (χ0v) is 21.4. The number of fused-ring (bicyclic) bond motifs is 5. The molecule has 162 valence electrons. The smallest absolute Gasteiger partial charge is 0.242 e. The van der Waals surface area contributed by atoms with Crippen LogP contribution < -0.4 is 4.43 Å². The van der Waals surface area contributed by atoms with Gasteiger partial charge in [0.15, 0.2) is 8.32 Å². The first-order valence-electron chi connectivity index (χ1n) is 11.6. The van der Waals surface area contributed by atoms with Crippen molar-refractivity contribution in [3.8, 4) is 5.75 Å². The third kappa shape index (κ3) is 4.12. The van der Waals surface area contributed by atoms with Crippen LogP contribution in [0.5, 0.6) is 5.75 Å². The fourth-order valence-corrected chi connectivity index (χ4v) is 8.47. The van der Waals surface area contributed by atoms with E-state index in [1.807, 2.05) is 0 Å². The second-order valence-electron chi connectivity index (χ2n) is 12.0. The zero-order chi connectivity index (χ0) is 21.2. The molecule has 0 spiro atoms. The maximum absolute atomic E-state index is 11.2. The molecule has 0 radical (unpaired) electrons. The van der Waals surface area contributed by atoms with Crippen LogP contribution in [-0.2, 0) is 10.8 Å². The zero-order valence-electron chi connectivity index (χ0n) is 19.4. The summed E-state index contributed by atoms with van der Waals surface area (Å²) in [6.07, 6.45) is 5.43. The van der Waals surface area contributed by atoms with E-state index in [2.05, 4.69) is 64.4 Å². The lowest BCUT2D eigenvalue weighted by Gasteiger charge is -2.50. The molecule has 6 atom stereocenters. The van der Waals surface area contributed by atoms with Gasteiger partial charge >= 0.3 is 0 Å². The van der Waals surface area contributed by atoms with Gasteiger partial charge in [0, 0.05) is 0 Å². The van der Waals surface area contributed by atoms with Gasteiger partial charge in [-0.05, 0) is 118 Å². The van der Waals surface area contributed by atoms with Gasteiger partial charge < -0.3 is 14.0 Å². The van der Waals surface area contributed by atoms with Crippen LogP contribution in [0.2, 0.25) is 39.3 Å². The maximum atomic E-state index is 11.2. The molecule has 0 aromatic heterocycles. The van der Waals surface area contributed by atoms with E-state index in [-0.39, 0.29) is 17.6 Å². The largest absolute Gasteiger partial charge is 0.544 e. The molecule has 0 amide bonds. The Morgan fingerprint density at radius 3 is 2.41 bits per heavy atom. The number of hydrogen-bond acceptors (Lipinski definition) is 3. The van der Waals surface area contributed by atoms with Gasteiger partial charge in [-0.3, -0.25) is 0 Å². The lowest BCUT2D eigenvalue weighted by atomic mass is 9.55. The first-order valence-corrected chi connectivity index (χ1v) is 18.4. The third-order valence-corrected chi connectivity index (χ3v) is 9.44. The monoisotopic (exact) mass is 432 g/mol. The molecule has 0 aliphatic heterocycles. The third-order valence-electron chi connectivity index (χ3n) is 7.58. The summed E-state index contributed by atoms with van der Waals surface area (Å²) < 4.78 is 12.7. The Balaban J connectivity index is 1.58. The van der Waals surface area contributed by atoms with Gasteiger partial charge in [-0.15, -0.1) is 0 Å². The van der Waals surface area contributed by atoms with Gasteiger partial charge in [0.1, 0.15) is 5.75 Å². The van der Waals surface area contributed by atoms with E-state index in [0.29, 0.717) is 17.8 Å². The predicted molar refractivity (Wildman–Crippen MR) is 125 cm³/mol. The lowest BCUT2D eigenvalue weighted by molar-refractivity contribution is -0.0468. The van der Waals surface area contributed by atoms with Gasteiger partial charge in [0.25, 0.3) is 0 Å². The van der Waals surface area contributed by atoms with Crippen LogP contribution in [0.15, 0.2) is 18.2 Å². The minimum Gasteiger partial charge on any atom is -0.544 e. The Hall–Kier alpha value is -0.626. The van der Waals surface area contributed by atoms with Crippen molar-refractivity contribution in [2.24, 2.45) is 17.3 Å². The van der Waals surface area contributed by atoms with E-state index in [4.69, 9.17) is 8.85 Å². The highest BCUT2D eigenvalue weighted by Gasteiger charge is 2.58. The summed E-state index contributed by atoms with van der Waals surface area (Å²) in [6, 6.07) is 6.87. The first kappa shape index (κ1) is 21.6. The van der Waals surface area contributed by atoms with Gasteiger partial charge in [-0.2, -0.15) is 0 Å². The molecule has 3 aliphatic carbocycles. The Morgan fingerprint density at radius 1 is 1.03 bits per heavy atom. The van der Waals surface area contributed by atoms with Crippen molar-refractivity contribution < 1.29 is 14.0 Å². The quantitative estimate of drug-likeness (QED) is 0.598. The molecule has 0 saturated heterocycles. The molecule has 2 fully saturated rings. The normalized spacial score (nSPS) is 36.9. The average Bonchev–Trinajstić information content (AvgIpc) is 2.83. The highest BCUT2D eigenvalue weighted by atomic mass is 28.4. The summed E-state index contributed by atoms with van der Waals surface area (Å²) >= 11 is 0. The molecule has 1 aromatic carbocycles. The number of aliphatic hydroxyl groups is 1. The molecule has 0 heterocycles.